The molecule has 3 nitrogen and oxygen atoms in total. The van der Waals surface area contributed by atoms with E-state index in [0.29, 0.717) is 12.2 Å². The maximum absolute atomic E-state index is 10.9. The summed E-state index contributed by atoms with van der Waals surface area (Å²) in [6.07, 6.45) is 0. The maximum Gasteiger partial charge on any atom is 0.396 e. The van der Waals surface area contributed by atoms with Crippen LogP contribution in [0.4, 0.5) is 0 Å². The smallest absolute Gasteiger partial charge is 0.396 e. The summed E-state index contributed by atoms with van der Waals surface area (Å²) < 4.78 is 11.0. The van der Waals surface area contributed by atoms with Gasteiger partial charge < -0.3 is 9.15 Å². The summed E-state index contributed by atoms with van der Waals surface area (Å²) in [4.78, 5) is 10.6. The molecule has 0 saturated heterocycles. The van der Waals surface area contributed by atoms with Crippen molar-refractivity contribution < 1.29 is 9.15 Å². The number of hydrogen-bond acceptors (Lipinski definition) is 4. The SMILES string of the molecule is CCOc1ccc2oc(=O)sc2c1. The van der Waals surface area contributed by atoms with Gasteiger partial charge in [0.15, 0.2) is 0 Å². The van der Waals surface area contributed by atoms with Crippen molar-refractivity contribution in [3.05, 3.63) is 27.9 Å². The van der Waals surface area contributed by atoms with Gasteiger partial charge in [-0.1, -0.05) is 11.3 Å². The molecule has 0 spiro atoms. The molecule has 0 fully saturated rings. The van der Waals surface area contributed by atoms with Crippen LogP contribution in [-0.2, 0) is 0 Å². The van der Waals surface area contributed by atoms with E-state index in [0.717, 1.165) is 21.8 Å². The third-order valence-electron chi connectivity index (χ3n) is 1.61. The molecule has 0 atom stereocenters. The molecule has 1 aromatic carbocycles. The van der Waals surface area contributed by atoms with Gasteiger partial charge >= 0.3 is 4.94 Å². The second-order valence-corrected chi connectivity index (χ2v) is 3.47. The first-order valence-electron chi connectivity index (χ1n) is 3.96. The van der Waals surface area contributed by atoms with Gasteiger partial charge in [-0.05, 0) is 19.1 Å². The average Bonchev–Trinajstić information content (AvgIpc) is 2.44. The van der Waals surface area contributed by atoms with Crippen LogP contribution in [-0.4, -0.2) is 6.61 Å². The summed E-state index contributed by atoms with van der Waals surface area (Å²) in [5.74, 6) is 0.770. The summed E-state index contributed by atoms with van der Waals surface area (Å²) in [5, 5.41) is 0. The minimum atomic E-state index is -0.274. The largest absolute Gasteiger partial charge is 0.494 e. The molecule has 0 N–H and O–H groups in total. The molecule has 0 bridgehead atoms. The standard InChI is InChI=1S/C9H8O3S/c1-2-11-6-3-4-7-8(5-6)13-9(10)12-7/h3-5H,2H2,1H3. The fourth-order valence-electron chi connectivity index (χ4n) is 1.11. The lowest BCUT2D eigenvalue weighted by atomic mass is 10.3. The quantitative estimate of drug-likeness (QED) is 0.739. The fraction of sp³-hybridized carbons (Fsp3) is 0.222. The summed E-state index contributed by atoms with van der Waals surface area (Å²) in [6.45, 7) is 2.54. The second-order valence-electron chi connectivity index (χ2n) is 2.50. The number of hydrogen-bond donors (Lipinski definition) is 0. The van der Waals surface area contributed by atoms with Gasteiger partial charge in [0.05, 0.1) is 11.3 Å². The number of ether oxygens (including phenoxy) is 1. The molecule has 1 aromatic heterocycles. The Morgan fingerprint density at radius 1 is 1.54 bits per heavy atom. The molecule has 4 heteroatoms. The van der Waals surface area contributed by atoms with Crippen molar-refractivity contribution in [1.82, 2.24) is 0 Å². The van der Waals surface area contributed by atoms with Crippen molar-refractivity contribution in [1.29, 1.82) is 0 Å². The van der Waals surface area contributed by atoms with Gasteiger partial charge in [-0.3, -0.25) is 0 Å². The third kappa shape index (κ3) is 1.58. The molecular weight excluding hydrogens is 188 g/mol. The molecule has 1 heterocycles. The molecule has 68 valence electrons. The second kappa shape index (κ2) is 3.22. The molecule has 0 aliphatic heterocycles. The molecule has 13 heavy (non-hydrogen) atoms. The zero-order valence-corrected chi connectivity index (χ0v) is 7.89. The molecule has 0 aliphatic rings. The first-order chi connectivity index (χ1) is 6.29. The van der Waals surface area contributed by atoms with Crippen LogP contribution in [0.5, 0.6) is 5.75 Å². The van der Waals surface area contributed by atoms with Gasteiger partial charge in [0.1, 0.15) is 11.3 Å². The summed E-state index contributed by atoms with van der Waals surface area (Å²) in [7, 11) is 0. The normalized spacial score (nSPS) is 10.5. The highest BCUT2D eigenvalue weighted by Crippen LogP contribution is 2.22. The van der Waals surface area contributed by atoms with Crippen molar-refractivity contribution in [2.24, 2.45) is 0 Å². The van der Waals surface area contributed by atoms with E-state index in [-0.39, 0.29) is 4.94 Å². The number of benzene rings is 1. The lowest BCUT2D eigenvalue weighted by Gasteiger charge is -2.00. The molecule has 0 unspecified atom stereocenters. The highest BCUT2D eigenvalue weighted by Gasteiger charge is 2.02. The Kier molecular flexibility index (Phi) is 2.06. The van der Waals surface area contributed by atoms with Crippen LogP contribution in [0.2, 0.25) is 0 Å². The van der Waals surface area contributed by atoms with Crippen LogP contribution in [0.3, 0.4) is 0 Å². The van der Waals surface area contributed by atoms with Crippen molar-refractivity contribution >= 4 is 21.6 Å². The van der Waals surface area contributed by atoms with Crippen LogP contribution in [0.1, 0.15) is 6.92 Å². The van der Waals surface area contributed by atoms with E-state index in [1.807, 2.05) is 13.0 Å². The lowest BCUT2D eigenvalue weighted by Crippen LogP contribution is -1.89. The van der Waals surface area contributed by atoms with Crippen molar-refractivity contribution in [2.45, 2.75) is 6.92 Å². The summed E-state index contributed by atoms with van der Waals surface area (Å²) >= 11 is 1.09. The van der Waals surface area contributed by atoms with Crippen molar-refractivity contribution in [3.63, 3.8) is 0 Å². The zero-order valence-electron chi connectivity index (χ0n) is 7.07. The molecule has 0 aliphatic carbocycles. The Balaban J connectivity index is 2.54. The fourth-order valence-corrected chi connectivity index (χ4v) is 1.81. The van der Waals surface area contributed by atoms with Crippen molar-refractivity contribution in [2.75, 3.05) is 6.61 Å². The van der Waals surface area contributed by atoms with E-state index in [9.17, 15) is 4.79 Å². The molecule has 0 amide bonds. The van der Waals surface area contributed by atoms with E-state index in [1.54, 1.807) is 12.1 Å². The molecule has 2 aromatic rings. The summed E-state index contributed by atoms with van der Waals surface area (Å²) in [6, 6.07) is 5.36. The van der Waals surface area contributed by atoms with Gasteiger partial charge in [0, 0.05) is 6.07 Å². The Morgan fingerprint density at radius 2 is 2.38 bits per heavy atom. The molecular formula is C9H8O3S. The van der Waals surface area contributed by atoms with E-state index in [2.05, 4.69) is 0 Å². The van der Waals surface area contributed by atoms with Gasteiger partial charge in [-0.15, -0.1) is 0 Å². The number of rotatable bonds is 2. The molecule has 2 rings (SSSR count). The topological polar surface area (TPSA) is 39.4 Å². The van der Waals surface area contributed by atoms with Gasteiger partial charge in [-0.25, -0.2) is 4.79 Å². The summed E-state index contributed by atoms with van der Waals surface area (Å²) in [5.41, 5.74) is 0.624. The van der Waals surface area contributed by atoms with E-state index >= 15 is 0 Å². The Labute approximate surface area is 78.6 Å². The first kappa shape index (κ1) is 8.31. The van der Waals surface area contributed by atoms with E-state index in [4.69, 9.17) is 9.15 Å². The van der Waals surface area contributed by atoms with Crippen LogP contribution >= 0.6 is 11.3 Å². The van der Waals surface area contributed by atoms with Gasteiger partial charge in [-0.2, -0.15) is 0 Å². The number of fused-ring (bicyclic) bond motifs is 1. The maximum atomic E-state index is 10.9. The monoisotopic (exact) mass is 196 g/mol. The Morgan fingerprint density at radius 3 is 3.15 bits per heavy atom. The minimum Gasteiger partial charge on any atom is -0.494 e. The first-order valence-corrected chi connectivity index (χ1v) is 4.78. The highest BCUT2D eigenvalue weighted by molar-refractivity contribution is 7.16. The van der Waals surface area contributed by atoms with Gasteiger partial charge in [0.2, 0.25) is 0 Å². The van der Waals surface area contributed by atoms with Crippen LogP contribution in [0, 0.1) is 0 Å². The predicted octanol–water partition coefficient (Wildman–Crippen LogP) is 2.25. The molecule has 0 saturated carbocycles. The minimum absolute atomic E-state index is 0.274. The predicted molar refractivity (Wildman–Crippen MR) is 51.5 cm³/mol. The van der Waals surface area contributed by atoms with Crippen LogP contribution in [0.25, 0.3) is 10.3 Å². The van der Waals surface area contributed by atoms with Gasteiger partial charge in [0.25, 0.3) is 0 Å². The lowest BCUT2D eigenvalue weighted by molar-refractivity contribution is 0.340. The van der Waals surface area contributed by atoms with Crippen LogP contribution in [0.15, 0.2) is 27.4 Å². The van der Waals surface area contributed by atoms with Crippen molar-refractivity contribution in [3.8, 4) is 5.75 Å². The Hall–Kier alpha value is -1.29. The van der Waals surface area contributed by atoms with Crippen LogP contribution < -0.4 is 9.68 Å². The average molecular weight is 196 g/mol. The zero-order chi connectivity index (χ0) is 9.26. The highest BCUT2D eigenvalue weighted by atomic mass is 32.1. The third-order valence-corrected chi connectivity index (χ3v) is 2.40. The Bertz CT molecular complexity index is 469. The van der Waals surface area contributed by atoms with E-state index in [1.165, 1.54) is 0 Å². The van der Waals surface area contributed by atoms with E-state index < -0.39 is 0 Å². The molecule has 0 radical (unpaired) electrons.